The van der Waals surface area contributed by atoms with Gasteiger partial charge in [0.15, 0.2) is 11.6 Å². The average Bonchev–Trinajstić information content (AvgIpc) is 2.48. The summed E-state index contributed by atoms with van der Waals surface area (Å²) in [5.74, 6) is -0.216. The first-order valence-electron chi connectivity index (χ1n) is 5.69. The number of carbonyl (C=O) groups is 2. The van der Waals surface area contributed by atoms with E-state index in [1.54, 1.807) is 30.3 Å². The van der Waals surface area contributed by atoms with E-state index in [2.05, 4.69) is 9.97 Å². The Morgan fingerprint density at radius 3 is 2.42 bits per heavy atom. The van der Waals surface area contributed by atoms with Gasteiger partial charge >= 0.3 is 0 Å². The van der Waals surface area contributed by atoms with Gasteiger partial charge in [0, 0.05) is 12.4 Å². The van der Waals surface area contributed by atoms with E-state index in [9.17, 15) is 9.59 Å². The Labute approximate surface area is 110 Å². The fourth-order valence-corrected chi connectivity index (χ4v) is 1.64. The fraction of sp³-hybridized carbons (Fsp3) is 0.143. The molecule has 1 heterocycles. The number of aromatic nitrogens is 2. The van der Waals surface area contributed by atoms with Gasteiger partial charge in [-0.1, -0.05) is 12.1 Å². The molecular weight excluding hydrogens is 244 g/mol. The standard InChI is InChI=1S/C14H12N2O3/c1-19-13-6-3-2-5-10(13)11(17)9-12(18)14-15-7-4-8-16-14/h2-8H,9H2,1H3. The highest BCUT2D eigenvalue weighted by Crippen LogP contribution is 2.19. The van der Waals surface area contributed by atoms with Crippen LogP contribution in [0.15, 0.2) is 42.7 Å². The van der Waals surface area contributed by atoms with Crippen molar-refractivity contribution in [1.82, 2.24) is 9.97 Å². The maximum absolute atomic E-state index is 12.1. The zero-order chi connectivity index (χ0) is 13.7. The summed E-state index contributed by atoms with van der Waals surface area (Å²) in [4.78, 5) is 31.5. The largest absolute Gasteiger partial charge is 0.496 e. The van der Waals surface area contributed by atoms with Gasteiger partial charge in [-0.05, 0) is 18.2 Å². The molecule has 0 atom stereocenters. The van der Waals surface area contributed by atoms with Crippen molar-refractivity contribution in [1.29, 1.82) is 0 Å². The quantitative estimate of drug-likeness (QED) is 0.604. The molecule has 0 spiro atoms. The summed E-state index contributed by atoms with van der Waals surface area (Å²) in [5.41, 5.74) is 0.384. The third-order valence-corrected chi connectivity index (χ3v) is 2.54. The number of carbonyl (C=O) groups excluding carboxylic acids is 2. The summed E-state index contributed by atoms with van der Waals surface area (Å²) < 4.78 is 5.09. The molecule has 19 heavy (non-hydrogen) atoms. The van der Waals surface area contributed by atoms with Gasteiger partial charge in [-0.15, -0.1) is 0 Å². The third-order valence-electron chi connectivity index (χ3n) is 2.54. The van der Waals surface area contributed by atoms with Crippen molar-refractivity contribution >= 4 is 11.6 Å². The lowest BCUT2D eigenvalue weighted by Gasteiger charge is -2.06. The van der Waals surface area contributed by atoms with Gasteiger partial charge < -0.3 is 4.74 Å². The number of ether oxygens (including phenoxy) is 1. The smallest absolute Gasteiger partial charge is 0.207 e. The number of hydrogen-bond acceptors (Lipinski definition) is 5. The zero-order valence-corrected chi connectivity index (χ0v) is 10.4. The number of methoxy groups -OCH3 is 1. The Kier molecular flexibility index (Phi) is 3.97. The molecule has 0 aliphatic heterocycles. The number of rotatable bonds is 5. The summed E-state index contributed by atoms with van der Waals surface area (Å²) in [6, 6.07) is 8.40. The number of benzene rings is 1. The van der Waals surface area contributed by atoms with E-state index < -0.39 is 5.78 Å². The SMILES string of the molecule is COc1ccccc1C(=O)CC(=O)c1ncccn1. The molecule has 0 radical (unpaired) electrons. The number of para-hydroxylation sites is 1. The van der Waals surface area contributed by atoms with E-state index in [0.29, 0.717) is 11.3 Å². The zero-order valence-electron chi connectivity index (χ0n) is 10.4. The molecule has 2 rings (SSSR count). The number of hydrogen-bond donors (Lipinski definition) is 0. The van der Waals surface area contributed by atoms with E-state index in [4.69, 9.17) is 4.74 Å². The second-order valence-electron chi connectivity index (χ2n) is 3.80. The fourth-order valence-electron chi connectivity index (χ4n) is 1.64. The van der Waals surface area contributed by atoms with Crippen LogP contribution in [0.25, 0.3) is 0 Å². The second-order valence-corrected chi connectivity index (χ2v) is 3.80. The summed E-state index contributed by atoms with van der Waals surface area (Å²) in [6.45, 7) is 0. The van der Waals surface area contributed by atoms with Crippen LogP contribution in [0.5, 0.6) is 5.75 Å². The van der Waals surface area contributed by atoms with E-state index in [-0.39, 0.29) is 18.0 Å². The van der Waals surface area contributed by atoms with Crippen LogP contribution >= 0.6 is 0 Å². The number of Topliss-reactive ketones (excluding diaryl/α,β-unsaturated/α-hetero) is 2. The second kappa shape index (κ2) is 5.86. The molecule has 2 aromatic rings. The van der Waals surface area contributed by atoms with Crippen LogP contribution in [0.2, 0.25) is 0 Å². The molecule has 1 aromatic carbocycles. The van der Waals surface area contributed by atoms with Gasteiger partial charge in [0.25, 0.3) is 0 Å². The summed E-state index contributed by atoms with van der Waals surface area (Å²) in [7, 11) is 1.48. The van der Waals surface area contributed by atoms with Crippen LogP contribution in [0.3, 0.4) is 0 Å². The minimum atomic E-state index is -0.406. The van der Waals surface area contributed by atoms with Crippen molar-refractivity contribution in [2.75, 3.05) is 7.11 Å². The first kappa shape index (κ1) is 12.9. The van der Waals surface area contributed by atoms with Gasteiger partial charge in [0.05, 0.1) is 19.1 Å². The molecular formula is C14H12N2O3. The van der Waals surface area contributed by atoms with E-state index in [0.717, 1.165) is 0 Å². The van der Waals surface area contributed by atoms with Crippen molar-refractivity contribution in [2.45, 2.75) is 6.42 Å². The summed E-state index contributed by atoms with van der Waals surface area (Å²) >= 11 is 0. The first-order chi connectivity index (χ1) is 9.22. The topological polar surface area (TPSA) is 69.2 Å². The lowest BCUT2D eigenvalue weighted by molar-refractivity contribution is 0.0887. The highest BCUT2D eigenvalue weighted by Gasteiger charge is 2.18. The minimum Gasteiger partial charge on any atom is -0.496 e. The molecule has 1 aromatic heterocycles. The molecule has 0 N–H and O–H groups in total. The Morgan fingerprint density at radius 1 is 1.05 bits per heavy atom. The molecule has 0 aliphatic carbocycles. The van der Waals surface area contributed by atoms with Gasteiger partial charge in [0.2, 0.25) is 5.78 Å². The van der Waals surface area contributed by atoms with E-state index in [1.807, 2.05) is 0 Å². The predicted octanol–water partition coefficient (Wildman–Crippen LogP) is 1.94. The van der Waals surface area contributed by atoms with Crippen molar-refractivity contribution in [3.05, 3.63) is 54.1 Å². The predicted molar refractivity (Wildman–Crippen MR) is 68.3 cm³/mol. The van der Waals surface area contributed by atoms with Gasteiger partial charge in [-0.3, -0.25) is 9.59 Å². The van der Waals surface area contributed by atoms with Crippen LogP contribution in [-0.2, 0) is 0 Å². The highest BCUT2D eigenvalue weighted by molar-refractivity contribution is 6.13. The highest BCUT2D eigenvalue weighted by atomic mass is 16.5. The van der Waals surface area contributed by atoms with Crippen molar-refractivity contribution in [2.24, 2.45) is 0 Å². The van der Waals surface area contributed by atoms with Crippen LogP contribution in [0.1, 0.15) is 27.4 Å². The molecule has 5 nitrogen and oxygen atoms in total. The van der Waals surface area contributed by atoms with Crippen LogP contribution in [-0.4, -0.2) is 28.6 Å². The number of ketones is 2. The molecule has 0 unspecified atom stereocenters. The van der Waals surface area contributed by atoms with Crippen molar-refractivity contribution in [3.63, 3.8) is 0 Å². The van der Waals surface area contributed by atoms with Crippen molar-refractivity contribution < 1.29 is 14.3 Å². The molecule has 5 heteroatoms. The molecule has 0 saturated carbocycles. The number of nitrogens with zero attached hydrogens (tertiary/aromatic N) is 2. The molecule has 0 saturated heterocycles. The molecule has 0 fully saturated rings. The molecule has 0 aliphatic rings. The maximum Gasteiger partial charge on any atom is 0.207 e. The van der Waals surface area contributed by atoms with Crippen LogP contribution in [0, 0.1) is 0 Å². The summed E-state index contributed by atoms with van der Waals surface area (Å²) in [5, 5.41) is 0. The van der Waals surface area contributed by atoms with Gasteiger partial charge in [-0.25, -0.2) is 9.97 Å². The minimum absolute atomic E-state index is 0.0470. The van der Waals surface area contributed by atoms with E-state index >= 15 is 0 Å². The lowest BCUT2D eigenvalue weighted by Crippen LogP contribution is -2.12. The van der Waals surface area contributed by atoms with Crippen LogP contribution < -0.4 is 4.74 Å². The Bertz CT molecular complexity index is 597. The van der Waals surface area contributed by atoms with Crippen molar-refractivity contribution in [3.8, 4) is 5.75 Å². The Hall–Kier alpha value is -2.56. The Balaban J connectivity index is 2.16. The Morgan fingerprint density at radius 2 is 1.74 bits per heavy atom. The van der Waals surface area contributed by atoms with Crippen LogP contribution in [0.4, 0.5) is 0 Å². The first-order valence-corrected chi connectivity index (χ1v) is 5.69. The van der Waals surface area contributed by atoms with E-state index in [1.165, 1.54) is 19.5 Å². The maximum atomic E-state index is 12.1. The molecule has 0 amide bonds. The third kappa shape index (κ3) is 3.01. The average molecular weight is 256 g/mol. The summed E-state index contributed by atoms with van der Waals surface area (Å²) in [6.07, 6.45) is 2.66. The molecule has 96 valence electrons. The van der Waals surface area contributed by atoms with Gasteiger partial charge in [-0.2, -0.15) is 0 Å². The van der Waals surface area contributed by atoms with Gasteiger partial charge in [0.1, 0.15) is 5.75 Å². The lowest BCUT2D eigenvalue weighted by atomic mass is 10.0. The monoisotopic (exact) mass is 256 g/mol. The molecule has 0 bridgehead atoms. The normalized spacial score (nSPS) is 9.95.